The minimum atomic E-state index is -0.459. The molecule has 1 saturated heterocycles. The number of hydrogen-bond acceptors (Lipinski definition) is 5. The molecule has 0 spiro atoms. The van der Waals surface area contributed by atoms with Crippen molar-refractivity contribution in [2.45, 2.75) is 63.6 Å². The Labute approximate surface area is 168 Å². The first-order valence-electron chi connectivity index (χ1n) is 9.30. The quantitative estimate of drug-likeness (QED) is 0.708. The van der Waals surface area contributed by atoms with Gasteiger partial charge in [0.25, 0.3) is 0 Å². The summed E-state index contributed by atoms with van der Waals surface area (Å²) in [7, 11) is 2.01. The zero-order valence-corrected chi connectivity index (χ0v) is 17.8. The van der Waals surface area contributed by atoms with Crippen LogP contribution in [0, 0.1) is 0 Å². The molecule has 1 aromatic rings. The van der Waals surface area contributed by atoms with Gasteiger partial charge in [-0.25, -0.2) is 9.78 Å². The number of amides is 2. The molecule has 2 aliphatic heterocycles. The number of ether oxygens (including phenoxy) is 1. The van der Waals surface area contributed by atoms with Gasteiger partial charge < -0.3 is 20.3 Å². The number of pyridine rings is 1. The zero-order chi connectivity index (χ0) is 19.8. The Morgan fingerprint density at radius 3 is 2.78 bits per heavy atom. The number of nitrogens with zero attached hydrogens (tertiary/aromatic N) is 2. The number of hydrogen-bond donors (Lipinski definition) is 2. The van der Waals surface area contributed by atoms with Crippen molar-refractivity contribution in [2.24, 2.45) is 0 Å². The lowest BCUT2D eigenvalue weighted by molar-refractivity contribution is -0.119. The van der Waals surface area contributed by atoms with Crippen LogP contribution in [0.15, 0.2) is 16.7 Å². The van der Waals surface area contributed by atoms with E-state index in [4.69, 9.17) is 4.74 Å². The van der Waals surface area contributed by atoms with Crippen molar-refractivity contribution in [3.05, 3.63) is 22.3 Å². The Hall–Kier alpha value is -1.83. The summed E-state index contributed by atoms with van der Waals surface area (Å²) >= 11 is 3.43. The van der Waals surface area contributed by atoms with Gasteiger partial charge in [0.1, 0.15) is 16.5 Å². The SMILES string of the molecule is CN1CCC(C(OC(=O)NC(C)(C)C)[C@@H]2CCC(=O)N2)c2ccc(Br)nc21. The van der Waals surface area contributed by atoms with Gasteiger partial charge in [-0.3, -0.25) is 4.79 Å². The van der Waals surface area contributed by atoms with Crippen molar-refractivity contribution in [2.75, 3.05) is 18.5 Å². The van der Waals surface area contributed by atoms with Gasteiger partial charge in [-0.05, 0) is 55.6 Å². The molecule has 3 heterocycles. The van der Waals surface area contributed by atoms with E-state index in [1.165, 1.54) is 0 Å². The summed E-state index contributed by atoms with van der Waals surface area (Å²) in [6, 6.07) is 3.75. The summed E-state index contributed by atoms with van der Waals surface area (Å²) in [5, 5.41) is 5.84. The number of alkyl carbamates (subject to hydrolysis) is 1. The number of halogens is 1. The number of fused-ring (bicyclic) bond motifs is 1. The second kappa shape index (κ2) is 7.66. The summed E-state index contributed by atoms with van der Waals surface area (Å²) in [5.41, 5.74) is 0.652. The molecule has 0 aromatic carbocycles. The zero-order valence-electron chi connectivity index (χ0n) is 16.2. The second-order valence-corrected chi connectivity index (χ2v) is 9.13. The normalized spacial score (nSPS) is 23.4. The Bertz CT molecular complexity index is 734. The summed E-state index contributed by atoms with van der Waals surface area (Å²) < 4.78 is 6.67. The third-order valence-electron chi connectivity index (χ3n) is 4.95. The second-order valence-electron chi connectivity index (χ2n) is 8.32. The summed E-state index contributed by atoms with van der Waals surface area (Å²) in [6.45, 7) is 6.54. The molecule has 27 heavy (non-hydrogen) atoms. The molecule has 2 amide bonds. The molecular weight excluding hydrogens is 412 g/mol. The number of carbonyl (C=O) groups excluding carboxylic acids is 2. The topological polar surface area (TPSA) is 83.6 Å². The van der Waals surface area contributed by atoms with Crippen molar-refractivity contribution in [3.8, 4) is 0 Å². The van der Waals surface area contributed by atoms with Gasteiger partial charge >= 0.3 is 6.09 Å². The molecule has 8 heteroatoms. The van der Waals surface area contributed by atoms with Gasteiger partial charge in [0.15, 0.2) is 0 Å². The number of rotatable bonds is 3. The first-order chi connectivity index (χ1) is 12.6. The first-order valence-corrected chi connectivity index (χ1v) is 10.1. The van der Waals surface area contributed by atoms with Crippen LogP contribution in [0.5, 0.6) is 0 Å². The molecule has 0 bridgehead atoms. The fourth-order valence-electron chi connectivity index (χ4n) is 3.75. The van der Waals surface area contributed by atoms with Crippen LogP contribution >= 0.6 is 15.9 Å². The van der Waals surface area contributed by atoms with Gasteiger partial charge in [-0.1, -0.05) is 6.07 Å². The lowest BCUT2D eigenvalue weighted by Gasteiger charge is -2.38. The molecule has 1 aromatic heterocycles. The molecule has 7 nitrogen and oxygen atoms in total. The van der Waals surface area contributed by atoms with Gasteiger partial charge in [0, 0.05) is 37.0 Å². The maximum atomic E-state index is 12.5. The lowest BCUT2D eigenvalue weighted by Crippen LogP contribution is -2.49. The lowest BCUT2D eigenvalue weighted by atomic mass is 9.83. The van der Waals surface area contributed by atoms with Crippen LogP contribution in [0.1, 0.15) is 51.5 Å². The third-order valence-corrected chi connectivity index (χ3v) is 5.39. The Morgan fingerprint density at radius 2 is 2.15 bits per heavy atom. The smallest absolute Gasteiger partial charge is 0.407 e. The summed E-state index contributed by atoms with van der Waals surface area (Å²) in [6.07, 6.45) is 1.06. The first kappa shape index (κ1) is 19.9. The van der Waals surface area contributed by atoms with Crippen LogP contribution in [0.2, 0.25) is 0 Å². The largest absolute Gasteiger partial charge is 0.443 e. The molecule has 2 N–H and O–H groups in total. The van der Waals surface area contributed by atoms with Crippen molar-refractivity contribution < 1.29 is 14.3 Å². The Morgan fingerprint density at radius 1 is 1.41 bits per heavy atom. The minimum Gasteiger partial charge on any atom is -0.443 e. The monoisotopic (exact) mass is 438 g/mol. The highest BCUT2D eigenvalue weighted by Gasteiger charge is 2.41. The van der Waals surface area contributed by atoms with Crippen LogP contribution in [0.4, 0.5) is 10.6 Å². The van der Waals surface area contributed by atoms with E-state index in [0.29, 0.717) is 12.8 Å². The van der Waals surface area contributed by atoms with Gasteiger partial charge in [0.05, 0.1) is 6.04 Å². The molecule has 0 saturated carbocycles. The van der Waals surface area contributed by atoms with Gasteiger partial charge in [-0.2, -0.15) is 0 Å². The highest BCUT2D eigenvalue weighted by molar-refractivity contribution is 9.10. The van der Waals surface area contributed by atoms with E-state index in [9.17, 15) is 9.59 Å². The molecule has 1 fully saturated rings. The van der Waals surface area contributed by atoms with Gasteiger partial charge in [0.2, 0.25) is 5.91 Å². The van der Waals surface area contributed by atoms with Crippen LogP contribution in [-0.4, -0.2) is 48.3 Å². The minimum absolute atomic E-state index is 0.00640. The third kappa shape index (κ3) is 4.72. The van der Waals surface area contributed by atoms with Crippen LogP contribution in [0.3, 0.4) is 0 Å². The van der Waals surface area contributed by atoms with E-state index in [2.05, 4.69) is 36.4 Å². The Balaban J connectivity index is 1.90. The molecular formula is C19H27BrN4O3. The van der Waals surface area contributed by atoms with E-state index in [1.54, 1.807) is 0 Å². The van der Waals surface area contributed by atoms with Crippen molar-refractivity contribution in [1.82, 2.24) is 15.6 Å². The van der Waals surface area contributed by atoms with Gasteiger partial charge in [-0.15, -0.1) is 0 Å². The van der Waals surface area contributed by atoms with Crippen molar-refractivity contribution in [1.29, 1.82) is 0 Å². The van der Waals surface area contributed by atoms with Crippen molar-refractivity contribution in [3.63, 3.8) is 0 Å². The predicted octanol–water partition coefficient (Wildman–Crippen LogP) is 2.94. The molecule has 3 atom stereocenters. The van der Waals surface area contributed by atoms with E-state index in [0.717, 1.165) is 29.0 Å². The molecule has 2 aliphatic rings. The fraction of sp³-hybridized carbons (Fsp3) is 0.632. The van der Waals surface area contributed by atoms with Crippen molar-refractivity contribution >= 4 is 33.7 Å². The highest BCUT2D eigenvalue weighted by Crippen LogP contribution is 2.39. The maximum absolute atomic E-state index is 12.5. The maximum Gasteiger partial charge on any atom is 0.407 e. The highest BCUT2D eigenvalue weighted by atomic mass is 79.9. The summed E-state index contributed by atoms with van der Waals surface area (Å²) in [5.74, 6) is 0.868. The molecule has 0 aliphatic carbocycles. The number of carbonyl (C=O) groups is 2. The average Bonchev–Trinajstić information content (AvgIpc) is 2.98. The molecule has 3 rings (SSSR count). The van der Waals surface area contributed by atoms with E-state index < -0.39 is 17.7 Å². The van der Waals surface area contributed by atoms with E-state index in [-0.39, 0.29) is 17.9 Å². The predicted molar refractivity (Wildman–Crippen MR) is 107 cm³/mol. The number of anilines is 1. The van der Waals surface area contributed by atoms with E-state index in [1.807, 2.05) is 40.0 Å². The number of aromatic nitrogens is 1. The number of nitrogens with one attached hydrogen (secondary N) is 2. The molecule has 0 radical (unpaired) electrons. The fourth-order valence-corrected chi connectivity index (χ4v) is 4.05. The van der Waals surface area contributed by atoms with Crippen LogP contribution in [0.25, 0.3) is 0 Å². The Kier molecular flexibility index (Phi) is 5.65. The van der Waals surface area contributed by atoms with E-state index >= 15 is 0 Å². The average molecular weight is 439 g/mol. The molecule has 148 valence electrons. The summed E-state index contributed by atoms with van der Waals surface area (Å²) in [4.78, 5) is 31.0. The molecule has 2 unspecified atom stereocenters. The van der Waals surface area contributed by atoms with Crippen LogP contribution < -0.4 is 15.5 Å². The van der Waals surface area contributed by atoms with Crippen LogP contribution in [-0.2, 0) is 9.53 Å². The standard InChI is InChI=1S/C19H27BrN4O3/c1-19(2,3)23-18(26)27-16(13-6-8-15(25)21-13)11-9-10-24(4)17-12(11)5-7-14(20)22-17/h5,7,11,13,16H,6,8-10H2,1-4H3,(H,21,25)(H,23,26)/t11?,13-,16?/m0/s1.